The molecule has 0 aromatic heterocycles. The Morgan fingerprint density at radius 2 is 1.93 bits per heavy atom. The van der Waals surface area contributed by atoms with E-state index in [-0.39, 0.29) is 0 Å². The number of rotatable bonds is 8. The number of aliphatic hydroxyl groups excluding tert-OH is 1. The zero-order valence-electron chi connectivity index (χ0n) is 9.34. The first-order valence-electron chi connectivity index (χ1n) is 5.94. The monoisotopic (exact) mass is 200 g/mol. The van der Waals surface area contributed by atoms with Crippen LogP contribution in [0.2, 0.25) is 0 Å². The van der Waals surface area contributed by atoms with E-state index in [9.17, 15) is 0 Å². The first-order valence-corrected chi connectivity index (χ1v) is 5.94. The molecule has 0 spiro atoms. The Labute approximate surface area is 87.5 Å². The highest BCUT2D eigenvalue weighted by Crippen LogP contribution is 2.07. The molecule has 3 heteroatoms. The molecular weight excluding hydrogens is 176 g/mol. The van der Waals surface area contributed by atoms with Crippen LogP contribution in [0, 0.1) is 0 Å². The number of nitrogens with one attached hydrogen (secondary N) is 1. The van der Waals surface area contributed by atoms with Gasteiger partial charge in [-0.25, -0.2) is 0 Å². The quantitative estimate of drug-likeness (QED) is 0.570. The van der Waals surface area contributed by atoms with E-state index >= 15 is 0 Å². The largest absolute Gasteiger partial charge is 0.396 e. The number of unbranched alkanes of at least 4 members (excludes halogenated alkanes) is 3. The summed E-state index contributed by atoms with van der Waals surface area (Å²) in [5, 5.41) is 11.9. The molecule has 14 heavy (non-hydrogen) atoms. The second-order valence-electron chi connectivity index (χ2n) is 4.08. The van der Waals surface area contributed by atoms with Crippen LogP contribution in [0.5, 0.6) is 0 Å². The van der Waals surface area contributed by atoms with Gasteiger partial charge in [0.1, 0.15) is 0 Å². The SMILES string of the molecule is CCN(CCCCCCO)C1CNC1. The molecule has 0 radical (unpaired) electrons. The van der Waals surface area contributed by atoms with E-state index < -0.39 is 0 Å². The van der Waals surface area contributed by atoms with Gasteiger partial charge in [0.25, 0.3) is 0 Å². The molecule has 0 bridgehead atoms. The molecule has 1 fully saturated rings. The molecule has 1 aliphatic rings. The average molecular weight is 200 g/mol. The van der Waals surface area contributed by atoms with Gasteiger partial charge in [0, 0.05) is 25.7 Å². The summed E-state index contributed by atoms with van der Waals surface area (Å²) in [5.74, 6) is 0. The molecule has 1 saturated heterocycles. The molecule has 1 rings (SSSR count). The lowest BCUT2D eigenvalue weighted by Gasteiger charge is -2.37. The first kappa shape index (κ1) is 12.0. The molecule has 2 N–H and O–H groups in total. The molecule has 1 heterocycles. The highest BCUT2D eigenvalue weighted by molar-refractivity contribution is 4.83. The Kier molecular flexibility index (Phi) is 6.15. The van der Waals surface area contributed by atoms with Gasteiger partial charge in [-0.3, -0.25) is 4.90 Å². The molecule has 0 atom stereocenters. The molecule has 84 valence electrons. The smallest absolute Gasteiger partial charge is 0.0431 e. The summed E-state index contributed by atoms with van der Waals surface area (Å²) >= 11 is 0. The van der Waals surface area contributed by atoms with Gasteiger partial charge in [0.15, 0.2) is 0 Å². The standard InChI is InChI=1S/C11H24N2O/c1-2-13(11-9-12-10-11)7-5-3-4-6-8-14/h11-12,14H,2-10H2,1H3. The van der Waals surface area contributed by atoms with Crippen molar-refractivity contribution >= 4 is 0 Å². The van der Waals surface area contributed by atoms with Crippen LogP contribution in [-0.4, -0.2) is 48.8 Å². The van der Waals surface area contributed by atoms with Crippen molar-refractivity contribution < 1.29 is 5.11 Å². The predicted octanol–water partition coefficient (Wildman–Crippen LogP) is 0.833. The maximum absolute atomic E-state index is 8.64. The van der Waals surface area contributed by atoms with Gasteiger partial charge in [-0.2, -0.15) is 0 Å². The van der Waals surface area contributed by atoms with Crippen LogP contribution in [0.15, 0.2) is 0 Å². The van der Waals surface area contributed by atoms with E-state index in [1.807, 2.05) is 0 Å². The van der Waals surface area contributed by atoms with E-state index in [0.29, 0.717) is 6.61 Å². The summed E-state index contributed by atoms with van der Waals surface area (Å²) < 4.78 is 0. The van der Waals surface area contributed by atoms with Crippen LogP contribution in [0.3, 0.4) is 0 Å². The molecule has 0 aromatic rings. The minimum Gasteiger partial charge on any atom is -0.396 e. The van der Waals surface area contributed by atoms with Crippen LogP contribution in [0.4, 0.5) is 0 Å². The van der Waals surface area contributed by atoms with Gasteiger partial charge in [0.2, 0.25) is 0 Å². The third-order valence-corrected chi connectivity index (χ3v) is 3.04. The van der Waals surface area contributed by atoms with E-state index in [1.54, 1.807) is 0 Å². The van der Waals surface area contributed by atoms with Crippen molar-refractivity contribution in [1.82, 2.24) is 10.2 Å². The van der Waals surface area contributed by atoms with Gasteiger partial charge in [-0.1, -0.05) is 19.8 Å². The van der Waals surface area contributed by atoms with E-state index in [0.717, 1.165) is 12.5 Å². The second kappa shape index (κ2) is 7.21. The van der Waals surface area contributed by atoms with Gasteiger partial charge in [0.05, 0.1) is 0 Å². The normalized spacial score (nSPS) is 17.4. The van der Waals surface area contributed by atoms with Crippen molar-refractivity contribution in [3.05, 3.63) is 0 Å². The molecule has 0 amide bonds. The van der Waals surface area contributed by atoms with E-state index in [2.05, 4.69) is 17.1 Å². The maximum atomic E-state index is 8.64. The first-order chi connectivity index (χ1) is 6.88. The van der Waals surface area contributed by atoms with Gasteiger partial charge >= 0.3 is 0 Å². The van der Waals surface area contributed by atoms with Crippen molar-refractivity contribution in [2.75, 3.05) is 32.8 Å². The summed E-state index contributed by atoms with van der Waals surface area (Å²) in [6.45, 7) is 7.34. The summed E-state index contributed by atoms with van der Waals surface area (Å²) in [4.78, 5) is 2.56. The van der Waals surface area contributed by atoms with E-state index in [4.69, 9.17) is 5.11 Å². The molecule has 1 aliphatic heterocycles. The molecule has 3 nitrogen and oxygen atoms in total. The topological polar surface area (TPSA) is 35.5 Å². The molecule has 0 saturated carbocycles. The zero-order chi connectivity index (χ0) is 10.2. The van der Waals surface area contributed by atoms with Crippen molar-refractivity contribution in [3.8, 4) is 0 Å². The summed E-state index contributed by atoms with van der Waals surface area (Å²) in [6.07, 6.45) is 4.69. The van der Waals surface area contributed by atoms with Crippen molar-refractivity contribution in [2.24, 2.45) is 0 Å². The Morgan fingerprint density at radius 3 is 2.43 bits per heavy atom. The highest BCUT2D eigenvalue weighted by Gasteiger charge is 2.22. The van der Waals surface area contributed by atoms with Gasteiger partial charge in [-0.15, -0.1) is 0 Å². The lowest BCUT2D eigenvalue weighted by atomic mass is 10.1. The number of likely N-dealkylation sites (N-methyl/N-ethyl adjacent to an activating group) is 1. The molecular formula is C11H24N2O. The Balaban J connectivity index is 1.97. The third kappa shape index (κ3) is 3.95. The number of hydrogen-bond acceptors (Lipinski definition) is 3. The van der Waals surface area contributed by atoms with Crippen LogP contribution >= 0.6 is 0 Å². The van der Waals surface area contributed by atoms with Crippen molar-refractivity contribution in [1.29, 1.82) is 0 Å². The lowest BCUT2D eigenvalue weighted by molar-refractivity contribution is 0.149. The minimum absolute atomic E-state index is 0.351. The molecule has 0 aromatic carbocycles. The maximum Gasteiger partial charge on any atom is 0.0431 e. The minimum atomic E-state index is 0.351. The van der Waals surface area contributed by atoms with Crippen molar-refractivity contribution in [3.63, 3.8) is 0 Å². The molecule has 0 unspecified atom stereocenters. The summed E-state index contributed by atoms with van der Waals surface area (Å²) in [5.41, 5.74) is 0. The Hall–Kier alpha value is -0.120. The van der Waals surface area contributed by atoms with E-state index in [1.165, 1.54) is 45.4 Å². The summed E-state index contributed by atoms with van der Waals surface area (Å²) in [6, 6.07) is 0.790. The van der Waals surface area contributed by atoms with Crippen LogP contribution < -0.4 is 5.32 Å². The lowest BCUT2D eigenvalue weighted by Crippen LogP contribution is -2.57. The predicted molar refractivity (Wildman–Crippen MR) is 59.5 cm³/mol. The second-order valence-corrected chi connectivity index (χ2v) is 4.08. The van der Waals surface area contributed by atoms with Crippen LogP contribution in [0.25, 0.3) is 0 Å². The van der Waals surface area contributed by atoms with Gasteiger partial charge in [-0.05, 0) is 25.9 Å². The van der Waals surface area contributed by atoms with Crippen LogP contribution in [0.1, 0.15) is 32.6 Å². The number of hydrogen-bond donors (Lipinski definition) is 2. The highest BCUT2D eigenvalue weighted by atomic mass is 16.2. The zero-order valence-corrected chi connectivity index (χ0v) is 9.34. The van der Waals surface area contributed by atoms with Crippen molar-refractivity contribution in [2.45, 2.75) is 38.6 Å². The Bertz CT molecular complexity index is 137. The fourth-order valence-electron chi connectivity index (χ4n) is 1.91. The fraction of sp³-hybridized carbons (Fsp3) is 1.00. The fourth-order valence-corrected chi connectivity index (χ4v) is 1.91. The Morgan fingerprint density at radius 1 is 1.21 bits per heavy atom. The average Bonchev–Trinajstić information content (AvgIpc) is 2.12. The summed E-state index contributed by atoms with van der Waals surface area (Å²) in [7, 11) is 0. The number of nitrogens with zero attached hydrogens (tertiary/aromatic N) is 1. The van der Waals surface area contributed by atoms with Gasteiger partial charge < -0.3 is 10.4 Å². The van der Waals surface area contributed by atoms with Crippen LogP contribution in [-0.2, 0) is 0 Å². The third-order valence-electron chi connectivity index (χ3n) is 3.04. The number of aliphatic hydroxyl groups is 1. The molecule has 0 aliphatic carbocycles.